The highest BCUT2D eigenvalue weighted by atomic mass is 127. The summed E-state index contributed by atoms with van der Waals surface area (Å²) < 4.78 is 8.71. The zero-order chi connectivity index (χ0) is 13.2. The lowest BCUT2D eigenvalue weighted by molar-refractivity contribution is 0.180. The summed E-state index contributed by atoms with van der Waals surface area (Å²) >= 11 is 2.30. The Hall–Kier alpha value is -0.920. The van der Waals surface area contributed by atoms with Crippen LogP contribution >= 0.6 is 22.6 Å². The van der Waals surface area contributed by atoms with E-state index in [0.29, 0.717) is 5.92 Å². The molecule has 19 heavy (non-hydrogen) atoms. The fourth-order valence-electron chi connectivity index (χ4n) is 2.45. The van der Waals surface area contributed by atoms with E-state index in [1.807, 2.05) is 12.5 Å². The van der Waals surface area contributed by atoms with Gasteiger partial charge in [0.2, 0.25) is 0 Å². The van der Waals surface area contributed by atoms with Gasteiger partial charge >= 0.3 is 0 Å². The van der Waals surface area contributed by atoms with Gasteiger partial charge in [0.15, 0.2) is 0 Å². The van der Waals surface area contributed by atoms with Crippen LogP contribution in [-0.4, -0.2) is 22.8 Å². The summed E-state index contributed by atoms with van der Waals surface area (Å²) in [7, 11) is 0. The molecule has 0 radical (unpaired) electrons. The Morgan fingerprint density at radius 3 is 2.84 bits per heavy atom. The van der Waals surface area contributed by atoms with Crippen LogP contribution in [0.1, 0.15) is 18.2 Å². The standard InChI is InChI=1S/C14H16IN3O/c15-11-1-3-12(4-2-11)18-9-17-7-13(18)14(16)10-5-6-19-8-10/h1-4,7,9-10,14H,5-6,8,16H2. The van der Waals surface area contributed by atoms with Crippen LogP contribution in [0.5, 0.6) is 0 Å². The molecule has 5 heteroatoms. The van der Waals surface area contributed by atoms with E-state index in [0.717, 1.165) is 31.0 Å². The molecule has 1 aromatic heterocycles. The number of imidazole rings is 1. The smallest absolute Gasteiger partial charge is 0.0994 e. The van der Waals surface area contributed by atoms with Gasteiger partial charge < -0.3 is 15.0 Å². The van der Waals surface area contributed by atoms with Crippen molar-refractivity contribution in [1.82, 2.24) is 9.55 Å². The number of hydrogen-bond acceptors (Lipinski definition) is 3. The molecule has 100 valence electrons. The van der Waals surface area contributed by atoms with Crippen molar-refractivity contribution in [2.75, 3.05) is 13.2 Å². The minimum Gasteiger partial charge on any atom is -0.381 e. The van der Waals surface area contributed by atoms with E-state index in [9.17, 15) is 0 Å². The van der Waals surface area contributed by atoms with Crippen LogP contribution < -0.4 is 5.73 Å². The molecule has 2 heterocycles. The molecule has 0 amide bonds. The summed E-state index contributed by atoms with van der Waals surface area (Å²) in [5.74, 6) is 0.388. The minimum absolute atomic E-state index is 0.0238. The lowest BCUT2D eigenvalue weighted by Crippen LogP contribution is -2.24. The number of halogens is 1. The number of aromatic nitrogens is 2. The third-order valence-electron chi connectivity index (χ3n) is 3.59. The van der Waals surface area contributed by atoms with Gasteiger partial charge in [0.05, 0.1) is 30.9 Å². The Morgan fingerprint density at radius 1 is 1.37 bits per heavy atom. The van der Waals surface area contributed by atoms with Crippen molar-refractivity contribution in [2.24, 2.45) is 11.7 Å². The van der Waals surface area contributed by atoms with E-state index in [-0.39, 0.29) is 6.04 Å². The van der Waals surface area contributed by atoms with Crippen molar-refractivity contribution in [3.05, 3.63) is 46.1 Å². The SMILES string of the molecule is NC(c1cncn1-c1ccc(I)cc1)C1CCOC1. The number of ether oxygens (including phenoxy) is 1. The molecule has 4 nitrogen and oxygen atoms in total. The molecule has 0 saturated carbocycles. The molecular formula is C14H16IN3O. The Balaban J connectivity index is 1.91. The first-order chi connectivity index (χ1) is 9.25. The monoisotopic (exact) mass is 369 g/mol. The second-order valence-corrected chi connectivity index (χ2v) is 6.06. The van der Waals surface area contributed by atoms with Crippen molar-refractivity contribution in [3.63, 3.8) is 0 Å². The topological polar surface area (TPSA) is 53.1 Å². The van der Waals surface area contributed by atoms with Crippen LogP contribution in [0.15, 0.2) is 36.8 Å². The van der Waals surface area contributed by atoms with Gasteiger partial charge in [0.25, 0.3) is 0 Å². The lowest BCUT2D eigenvalue weighted by atomic mass is 9.97. The number of rotatable bonds is 3. The Morgan fingerprint density at radius 2 is 2.16 bits per heavy atom. The molecule has 2 unspecified atom stereocenters. The average Bonchev–Trinajstić information content (AvgIpc) is 3.10. The van der Waals surface area contributed by atoms with Crippen LogP contribution in [0.25, 0.3) is 5.69 Å². The second kappa shape index (κ2) is 5.60. The van der Waals surface area contributed by atoms with E-state index >= 15 is 0 Å². The van der Waals surface area contributed by atoms with Crippen molar-refractivity contribution >= 4 is 22.6 Å². The normalized spacial score (nSPS) is 20.6. The highest BCUT2D eigenvalue weighted by Crippen LogP contribution is 2.28. The molecule has 1 fully saturated rings. The van der Waals surface area contributed by atoms with Crippen LogP contribution in [0.4, 0.5) is 0 Å². The van der Waals surface area contributed by atoms with Crippen molar-refractivity contribution in [3.8, 4) is 5.69 Å². The molecule has 2 atom stereocenters. The molecular weight excluding hydrogens is 353 g/mol. The van der Waals surface area contributed by atoms with Crippen LogP contribution in [-0.2, 0) is 4.74 Å². The third kappa shape index (κ3) is 2.68. The maximum atomic E-state index is 6.37. The molecule has 0 spiro atoms. The van der Waals surface area contributed by atoms with E-state index < -0.39 is 0 Å². The van der Waals surface area contributed by atoms with E-state index in [2.05, 4.69) is 56.4 Å². The van der Waals surface area contributed by atoms with E-state index in [1.165, 1.54) is 3.57 Å². The summed E-state index contributed by atoms with van der Waals surface area (Å²) in [5.41, 5.74) is 8.52. The number of benzene rings is 1. The van der Waals surface area contributed by atoms with E-state index in [1.54, 1.807) is 0 Å². The van der Waals surface area contributed by atoms with Crippen LogP contribution in [0, 0.1) is 9.49 Å². The minimum atomic E-state index is -0.0238. The number of hydrogen-bond donors (Lipinski definition) is 1. The molecule has 1 aliphatic heterocycles. The van der Waals surface area contributed by atoms with Crippen LogP contribution in [0.2, 0.25) is 0 Å². The Kier molecular flexibility index (Phi) is 3.86. The van der Waals surface area contributed by atoms with Gasteiger partial charge in [-0.2, -0.15) is 0 Å². The van der Waals surface area contributed by atoms with Crippen molar-refractivity contribution in [1.29, 1.82) is 0 Å². The zero-order valence-electron chi connectivity index (χ0n) is 10.5. The largest absolute Gasteiger partial charge is 0.381 e. The Labute approximate surface area is 126 Å². The first-order valence-corrected chi connectivity index (χ1v) is 7.45. The molecule has 1 aliphatic rings. The second-order valence-electron chi connectivity index (χ2n) is 4.81. The summed E-state index contributed by atoms with van der Waals surface area (Å²) in [6, 6.07) is 8.33. The Bertz CT molecular complexity index is 546. The number of nitrogens with zero attached hydrogens (tertiary/aromatic N) is 2. The molecule has 1 saturated heterocycles. The van der Waals surface area contributed by atoms with Crippen LogP contribution in [0.3, 0.4) is 0 Å². The fourth-order valence-corrected chi connectivity index (χ4v) is 2.81. The summed E-state index contributed by atoms with van der Waals surface area (Å²) in [6.07, 6.45) is 4.72. The molecule has 3 rings (SSSR count). The van der Waals surface area contributed by atoms with Gasteiger partial charge in [-0.3, -0.25) is 0 Å². The predicted octanol–water partition coefficient (Wildman–Crippen LogP) is 2.51. The lowest BCUT2D eigenvalue weighted by Gasteiger charge is -2.19. The maximum absolute atomic E-state index is 6.37. The van der Waals surface area contributed by atoms with Gasteiger partial charge in [0, 0.05) is 21.8 Å². The summed E-state index contributed by atoms with van der Waals surface area (Å²) in [6.45, 7) is 1.56. The van der Waals surface area contributed by atoms with Gasteiger partial charge in [-0.05, 0) is 53.3 Å². The molecule has 0 bridgehead atoms. The van der Waals surface area contributed by atoms with Gasteiger partial charge in [-0.15, -0.1) is 0 Å². The quantitative estimate of drug-likeness (QED) is 0.846. The summed E-state index contributed by atoms with van der Waals surface area (Å²) in [5, 5.41) is 0. The highest BCUT2D eigenvalue weighted by Gasteiger charge is 2.26. The summed E-state index contributed by atoms with van der Waals surface area (Å²) in [4.78, 5) is 4.25. The molecule has 2 N–H and O–H groups in total. The van der Waals surface area contributed by atoms with E-state index in [4.69, 9.17) is 10.5 Å². The first kappa shape index (κ1) is 13.1. The highest BCUT2D eigenvalue weighted by molar-refractivity contribution is 14.1. The third-order valence-corrected chi connectivity index (χ3v) is 4.31. The first-order valence-electron chi connectivity index (χ1n) is 6.37. The van der Waals surface area contributed by atoms with Gasteiger partial charge in [-0.1, -0.05) is 0 Å². The van der Waals surface area contributed by atoms with Crippen molar-refractivity contribution < 1.29 is 4.74 Å². The maximum Gasteiger partial charge on any atom is 0.0994 e. The van der Waals surface area contributed by atoms with Gasteiger partial charge in [-0.25, -0.2) is 4.98 Å². The zero-order valence-corrected chi connectivity index (χ0v) is 12.7. The fraction of sp³-hybridized carbons (Fsp3) is 0.357. The molecule has 0 aliphatic carbocycles. The average molecular weight is 369 g/mol. The van der Waals surface area contributed by atoms with Gasteiger partial charge in [0.1, 0.15) is 0 Å². The molecule has 2 aromatic rings. The molecule has 1 aromatic carbocycles. The van der Waals surface area contributed by atoms with Crippen molar-refractivity contribution in [2.45, 2.75) is 12.5 Å². The number of nitrogens with two attached hydrogens (primary N) is 1. The predicted molar refractivity (Wildman–Crippen MR) is 82.1 cm³/mol.